The number of anilines is 1. The quantitative estimate of drug-likeness (QED) is 0.772. The van der Waals surface area contributed by atoms with Crippen LogP contribution in [0.25, 0.3) is 0 Å². The van der Waals surface area contributed by atoms with Gasteiger partial charge in [0.2, 0.25) is 0 Å². The van der Waals surface area contributed by atoms with Crippen molar-refractivity contribution in [3.8, 4) is 5.75 Å². The first kappa shape index (κ1) is 13.2. The number of urea groups is 1. The maximum atomic E-state index is 12.0. The van der Waals surface area contributed by atoms with Gasteiger partial charge in [-0.15, -0.1) is 0 Å². The van der Waals surface area contributed by atoms with Crippen molar-refractivity contribution in [3.05, 3.63) is 24.3 Å². The number of carbonyl (C=O) groups excluding carboxylic acids is 1. The Hall–Kier alpha value is -2.24. The molecule has 1 aliphatic rings. The van der Waals surface area contributed by atoms with Gasteiger partial charge in [-0.1, -0.05) is 0 Å². The van der Waals surface area contributed by atoms with Crippen LogP contribution in [0, 0.1) is 0 Å². The Balaban J connectivity index is 2.07. The topological polar surface area (TPSA) is 89.9 Å². The molecule has 1 aromatic rings. The molecule has 1 aromatic carbocycles. The van der Waals surface area contributed by atoms with Gasteiger partial charge in [-0.3, -0.25) is 4.90 Å². The number of amides is 2. The molecule has 1 aliphatic carbocycles. The second-order valence-corrected chi connectivity index (χ2v) is 4.75. The number of benzene rings is 1. The number of carboxylic acid groups (broad SMARTS) is 1. The Morgan fingerprint density at radius 1 is 1.26 bits per heavy atom. The number of hydrogen-bond acceptors (Lipinski definition) is 3. The molecule has 0 spiro atoms. The molecule has 1 fully saturated rings. The maximum absolute atomic E-state index is 12.0. The summed E-state index contributed by atoms with van der Waals surface area (Å²) in [7, 11) is 1.55. The predicted octanol–water partition coefficient (Wildman–Crippen LogP) is 1.55. The molecule has 3 N–H and O–H groups in total. The lowest BCUT2D eigenvalue weighted by atomic mass is 9.77. The molecule has 2 rings (SSSR count). The number of carbonyl (C=O) groups is 2. The van der Waals surface area contributed by atoms with Crippen molar-refractivity contribution in [1.29, 1.82) is 0 Å². The van der Waals surface area contributed by atoms with Crippen LogP contribution in [0.15, 0.2) is 24.3 Å². The van der Waals surface area contributed by atoms with Gasteiger partial charge in [0.15, 0.2) is 0 Å². The molecule has 0 radical (unpaired) electrons. The van der Waals surface area contributed by atoms with E-state index in [4.69, 9.17) is 5.11 Å². The monoisotopic (exact) mass is 264 g/mol. The van der Waals surface area contributed by atoms with Gasteiger partial charge in [0.25, 0.3) is 0 Å². The smallest absolute Gasteiger partial charge is 0.329 e. The third kappa shape index (κ3) is 2.47. The lowest BCUT2D eigenvalue weighted by molar-refractivity contribution is -0.148. The minimum atomic E-state index is -1.12. The highest BCUT2D eigenvalue weighted by atomic mass is 16.4. The number of aromatic hydroxyl groups is 1. The van der Waals surface area contributed by atoms with E-state index in [-0.39, 0.29) is 5.75 Å². The molecule has 0 heterocycles. The summed E-state index contributed by atoms with van der Waals surface area (Å²) in [6.45, 7) is 0. The molecule has 0 saturated heterocycles. The van der Waals surface area contributed by atoms with E-state index in [1.54, 1.807) is 19.2 Å². The molecule has 19 heavy (non-hydrogen) atoms. The van der Waals surface area contributed by atoms with Crippen LogP contribution >= 0.6 is 0 Å². The Morgan fingerprint density at radius 2 is 1.84 bits per heavy atom. The van der Waals surface area contributed by atoms with E-state index in [9.17, 15) is 14.7 Å². The Labute approximate surface area is 110 Å². The van der Waals surface area contributed by atoms with Crippen molar-refractivity contribution in [2.75, 3.05) is 11.9 Å². The van der Waals surface area contributed by atoms with Gasteiger partial charge in [0.05, 0.1) is 0 Å². The van der Waals surface area contributed by atoms with Gasteiger partial charge in [-0.2, -0.15) is 0 Å². The summed E-state index contributed by atoms with van der Waals surface area (Å²) in [6, 6.07) is 5.64. The summed E-state index contributed by atoms with van der Waals surface area (Å²) in [5.74, 6) is -0.884. The van der Waals surface area contributed by atoms with Gasteiger partial charge in [-0.25, -0.2) is 9.59 Å². The van der Waals surface area contributed by atoms with Crippen LogP contribution < -0.4 is 10.2 Å². The first-order chi connectivity index (χ1) is 8.94. The van der Waals surface area contributed by atoms with Crippen LogP contribution in [-0.4, -0.2) is 34.8 Å². The molecule has 0 aromatic heterocycles. The molecule has 102 valence electrons. The molecule has 0 atom stereocenters. The van der Waals surface area contributed by atoms with Gasteiger partial charge < -0.3 is 15.5 Å². The fraction of sp³-hybridized carbons (Fsp3) is 0.385. The van der Waals surface area contributed by atoms with Gasteiger partial charge >= 0.3 is 12.0 Å². The number of phenolic OH excluding ortho intramolecular Hbond substituents is 1. The SMILES string of the molecule is CN(C(=O)NC1(C(=O)O)CCC1)c1ccc(O)cc1. The van der Waals surface area contributed by atoms with E-state index in [2.05, 4.69) is 5.32 Å². The molecule has 1 saturated carbocycles. The summed E-state index contributed by atoms with van der Waals surface area (Å²) in [5.41, 5.74) is -0.544. The van der Waals surface area contributed by atoms with E-state index in [0.29, 0.717) is 18.5 Å². The van der Waals surface area contributed by atoms with Crippen LogP contribution in [0.5, 0.6) is 5.75 Å². The first-order valence-corrected chi connectivity index (χ1v) is 6.03. The van der Waals surface area contributed by atoms with Gasteiger partial charge in [-0.05, 0) is 43.5 Å². The second kappa shape index (κ2) is 4.79. The van der Waals surface area contributed by atoms with Gasteiger partial charge in [0.1, 0.15) is 11.3 Å². The Morgan fingerprint density at radius 3 is 2.26 bits per heavy atom. The zero-order chi connectivity index (χ0) is 14.0. The highest BCUT2D eigenvalue weighted by Crippen LogP contribution is 2.32. The van der Waals surface area contributed by atoms with Crippen LogP contribution in [0.3, 0.4) is 0 Å². The summed E-state index contributed by atoms with van der Waals surface area (Å²) < 4.78 is 0. The zero-order valence-electron chi connectivity index (χ0n) is 10.6. The van der Waals surface area contributed by atoms with Crippen LogP contribution in [-0.2, 0) is 4.79 Å². The minimum Gasteiger partial charge on any atom is -0.508 e. The molecule has 6 heteroatoms. The number of aliphatic carboxylic acids is 1. The predicted molar refractivity (Wildman–Crippen MR) is 69.3 cm³/mol. The number of rotatable bonds is 3. The molecular formula is C13H16N2O4. The summed E-state index contributed by atoms with van der Waals surface area (Å²) >= 11 is 0. The molecule has 0 aliphatic heterocycles. The normalized spacial score (nSPS) is 16.3. The average molecular weight is 264 g/mol. The fourth-order valence-electron chi connectivity index (χ4n) is 2.00. The highest BCUT2D eigenvalue weighted by molar-refractivity contribution is 5.95. The second-order valence-electron chi connectivity index (χ2n) is 4.75. The van der Waals surface area contributed by atoms with Crippen molar-refractivity contribution in [3.63, 3.8) is 0 Å². The van der Waals surface area contributed by atoms with Crippen molar-refractivity contribution < 1.29 is 19.8 Å². The first-order valence-electron chi connectivity index (χ1n) is 6.03. The van der Waals surface area contributed by atoms with E-state index < -0.39 is 17.5 Å². The fourth-order valence-corrected chi connectivity index (χ4v) is 2.00. The third-order valence-corrected chi connectivity index (χ3v) is 3.50. The number of nitrogens with one attached hydrogen (secondary N) is 1. The van der Waals surface area contributed by atoms with Crippen molar-refractivity contribution >= 4 is 17.7 Å². The summed E-state index contributed by atoms with van der Waals surface area (Å²) in [5, 5.41) is 20.9. The summed E-state index contributed by atoms with van der Waals surface area (Å²) in [6.07, 6.45) is 1.71. The van der Waals surface area contributed by atoms with Crippen LogP contribution in [0.1, 0.15) is 19.3 Å². The van der Waals surface area contributed by atoms with Crippen molar-refractivity contribution in [2.24, 2.45) is 0 Å². The number of carboxylic acids is 1. The molecular weight excluding hydrogens is 248 g/mol. The van der Waals surface area contributed by atoms with Crippen molar-refractivity contribution in [1.82, 2.24) is 5.32 Å². The largest absolute Gasteiger partial charge is 0.508 e. The molecule has 6 nitrogen and oxygen atoms in total. The molecule has 2 amide bonds. The van der Waals surface area contributed by atoms with E-state index in [1.807, 2.05) is 0 Å². The third-order valence-electron chi connectivity index (χ3n) is 3.50. The summed E-state index contributed by atoms with van der Waals surface area (Å²) in [4.78, 5) is 24.5. The van der Waals surface area contributed by atoms with E-state index >= 15 is 0 Å². The minimum absolute atomic E-state index is 0.110. The highest BCUT2D eigenvalue weighted by Gasteiger charge is 2.46. The number of phenols is 1. The Bertz CT molecular complexity index is 494. The molecule has 0 bridgehead atoms. The van der Waals surface area contributed by atoms with E-state index in [0.717, 1.165) is 6.42 Å². The lowest BCUT2D eigenvalue weighted by Gasteiger charge is -2.39. The van der Waals surface area contributed by atoms with Crippen LogP contribution in [0.2, 0.25) is 0 Å². The van der Waals surface area contributed by atoms with Crippen molar-refractivity contribution in [2.45, 2.75) is 24.8 Å². The standard InChI is InChI=1S/C13H16N2O4/c1-15(9-3-5-10(16)6-4-9)12(19)14-13(11(17)18)7-2-8-13/h3-6,16H,2,7-8H2,1H3,(H,14,19)(H,17,18). The zero-order valence-corrected chi connectivity index (χ0v) is 10.6. The Kier molecular flexibility index (Phi) is 3.33. The lowest BCUT2D eigenvalue weighted by Crippen LogP contribution is -2.61. The van der Waals surface area contributed by atoms with Gasteiger partial charge in [0, 0.05) is 12.7 Å². The number of nitrogens with zero attached hydrogens (tertiary/aromatic N) is 1. The molecule has 0 unspecified atom stereocenters. The van der Waals surface area contributed by atoms with Crippen LogP contribution in [0.4, 0.5) is 10.5 Å². The maximum Gasteiger partial charge on any atom is 0.329 e. The number of hydrogen-bond donors (Lipinski definition) is 3. The average Bonchev–Trinajstić information content (AvgIpc) is 2.33. The van der Waals surface area contributed by atoms with E-state index in [1.165, 1.54) is 17.0 Å².